The predicted octanol–water partition coefficient (Wildman–Crippen LogP) is 10.1. The Kier molecular flexibility index (Phi) is 7.10. The Bertz CT molecular complexity index is 2430. The first-order valence-electron chi connectivity index (χ1n) is 15.4. The summed E-state index contributed by atoms with van der Waals surface area (Å²) in [6, 6.07) is 34.2. The Morgan fingerprint density at radius 1 is 0.652 bits per heavy atom. The maximum absolute atomic E-state index is 6.48. The second kappa shape index (κ2) is 10.8. The number of hydrogen-bond donors (Lipinski definition) is 0. The van der Waals surface area contributed by atoms with Gasteiger partial charge >= 0.3 is 21.1 Å². The number of ether oxygens (including phenoxy) is 1. The van der Waals surface area contributed by atoms with Crippen molar-refractivity contribution < 1.29 is 25.8 Å². The van der Waals surface area contributed by atoms with Gasteiger partial charge in [0.25, 0.3) is 0 Å². The second-order valence-electron chi connectivity index (χ2n) is 13.8. The van der Waals surface area contributed by atoms with Gasteiger partial charge in [-0.1, -0.05) is 100 Å². The molecule has 0 saturated heterocycles. The van der Waals surface area contributed by atoms with E-state index in [9.17, 15) is 0 Å². The largest absolute Gasteiger partial charge is 2.00 e. The van der Waals surface area contributed by atoms with Gasteiger partial charge in [0.2, 0.25) is 0 Å². The summed E-state index contributed by atoms with van der Waals surface area (Å²) >= 11 is 0. The number of nitrogens with zero attached hydrogens (tertiary/aromatic N) is 4. The maximum Gasteiger partial charge on any atom is 2.00 e. The van der Waals surface area contributed by atoms with Gasteiger partial charge in [-0.15, -0.1) is 29.7 Å². The molecule has 46 heavy (non-hydrogen) atoms. The van der Waals surface area contributed by atoms with E-state index in [2.05, 4.69) is 122 Å². The van der Waals surface area contributed by atoms with Gasteiger partial charge < -0.3 is 13.7 Å². The van der Waals surface area contributed by atoms with Crippen molar-refractivity contribution in [1.29, 1.82) is 0 Å². The molecule has 0 amide bonds. The number of benzene rings is 4. The van der Waals surface area contributed by atoms with E-state index in [0.29, 0.717) is 11.5 Å². The van der Waals surface area contributed by atoms with Gasteiger partial charge in [0, 0.05) is 41.1 Å². The molecule has 4 aromatic heterocycles. The maximum atomic E-state index is 6.48. The number of hydrogen-bond acceptors (Lipinski definition) is 3. The summed E-state index contributed by atoms with van der Waals surface area (Å²) in [6.45, 7) is 13.8. The number of imidazole rings is 1. The monoisotopic (exact) mass is 781 g/mol. The Labute approximate surface area is 283 Å². The molecule has 0 aliphatic rings. The van der Waals surface area contributed by atoms with Crippen molar-refractivity contribution in [2.75, 3.05) is 0 Å². The molecule has 0 radical (unpaired) electrons. The Morgan fingerprint density at radius 2 is 1.37 bits per heavy atom. The summed E-state index contributed by atoms with van der Waals surface area (Å²) in [5.74, 6) is 2.07. The first-order valence-corrected chi connectivity index (χ1v) is 15.4. The smallest absolute Gasteiger partial charge is 0.503 e. The molecule has 0 N–H and O–H groups in total. The summed E-state index contributed by atoms with van der Waals surface area (Å²) < 4.78 is 10.9. The minimum atomic E-state index is -0.0635. The van der Waals surface area contributed by atoms with E-state index in [-0.39, 0.29) is 31.9 Å². The molecule has 8 aromatic rings. The summed E-state index contributed by atoms with van der Waals surface area (Å²) in [6.07, 6.45) is 5.76. The van der Waals surface area contributed by atoms with Crippen LogP contribution in [-0.2, 0) is 31.9 Å². The fourth-order valence-electron chi connectivity index (χ4n) is 6.82. The standard InChI is InChI=1S/C40H34N4O.Pt/c1-39(2,3)32-19-18-30-27-16-14-25(23-31(27)38-42-21-22-43(38)37(30)36(32)40(4,5)6)45-26-15-17-29-28-11-7-8-12-33(28)44(34(29)24-26)35-13-9-10-20-41-35;/h7-22H,1-6H3;/q-2;+2. The summed E-state index contributed by atoms with van der Waals surface area (Å²) in [4.78, 5) is 9.47. The molecule has 0 atom stereocenters. The fourth-order valence-corrected chi connectivity index (χ4v) is 6.82. The molecule has 0 bridgehead atoms. The third-order valence-corrected chi connectivity index (χ3v) is 8.71. The molecule has 4 aromatic carbocycles. The summed E-state index contributed by atoms with van der Waals surface area (Å²) in [5, 5.41) is 5.47. The van der Waals surface area contributed by atoms with Crippen LogP contribution in [0.15, 0.2) is 97.5 Å². The Morgan fingerprint density at radius 3 is 2.11 bits per heavy atom. The van der Waals surface area contributed by atoms with Gasteiger partial charge in [-0.05, 0) is 50.9 Å². The van der Waals surface area contributed by atoms with Crippen LogP contribution in [0.1, 0.15) is 52.7 Å². The van der Waals surface area contributed by atoms with Gasteiger partial charge in [0.15, 0.2) is 0 Å². The van der Waals surface area contributed by atoms with Gasteiger partial charge in [-0.3, -0.25) is 4.98 Å². The number of rotatable bonds is 3. The first-order chi connectivity index (χ1) is 21.6. The molecule has 6 heteroatoms. The third-order valence-electron chi connectivity index (χ3n) is 8.71. The second-order valence-corrected chi connectivity index (χ2v) is 13.8. The molecule has 0 aliphatic carbocycles. The Balaban J connectivity index is 0.00000338. The Hall–Kier alpha value is -4.47. The van der Waals surface area contributed by atoms with Crippen molar-refractivity contribution in [2.45, 2.75) is 52.4 Å². The fraction of sp³-hybridized carbons (Fsp3) is 0.200. The predicted molar refractivity (Wildman–Crippen MR) is 184 cm³/mol. The van der Waals surface area contributed by atoms with E-state index < -0.39 is 0 Å². The van der Waals surface area contributed by atoms with Crippen LogP contribution in [0, 0.1) is 12.1 Å². The molecule has 230 valence electrons. The van der Waals surface area contributed by atoms with E-state index >= 15 is 0 Å². The van der Waals surface area contributed by atoms with Gasteiger partial charge in [0.05, 0.1) is 5.65 Å². The third kappa shape index (κ3) is 4.72. The number of pyridine rings is 2. The van der Waals surface area contributed by atoms with Crippen molar-refractivity contribution in [3.63, 3.8) is 0 Å². The molecule has 0 spiro atoms. The van der Waals surface area contributed by atoms with Crippen LogP contribution in [0.4, 0.5) is 0 Å². The van der Waals surface area contributed by atoms with E-state index in [4.69, 9.17) is 9.72 Å². The SMILES string of the molecule is CC(C)(C)c1ccc2c3ccc(Oc4[c-]c5c(cc4)c4ccccc4n5-c4ccccn4)[c-]c3c3nccn3c2c1C(C)(C)C.[Pt+2]. The van der Waals surface area contributed by atoms with Gasteiger partial charge in [-0.25, -0.2) is 4.98 Å². The van der Waals surface area contributed by atoms with E-state index in [1.54, 1.807) is 0 Å². The first kappa shape index (κ1) is 30.2. The minimum absolute atomic E-state index is 0. The average molecular weight is 782 g/mol. The van der Waals surface area contributed by atoms with Crippen LogP contribution in [0.3, 0.4) is 0 Å². The van der Waals surface area contributed by atoms with Gasteiger partial charge in [0.1, 0.15) is 5.82 Å². The van der Waals surface area contributed by atoms with Crippen LogP contribution in [-0.4, -0.2) is 18.9 Å². The molecular weight excluding hydrogens is 748 g/mol. The number of fused-ring (bicyclic) bond motifs is 9. The zero-order valence-corrected chi connectivity index (χ0v) is 29.0. The molecule has 0 saturated carbocycles. The molecule has 0 aliphatic heterocycles. The van der Waals surface area contributed by atoms with Gasteiger partial charge in [-0.2, -0.15) is 6.07 Å². The van der Waals surface area contributed by atoms with E-state index in [1.165, 1.54) is 22.0 Å². The number of aromatic nitrogens is 4. The van der Waals surface area contributed by atoms with Crippen molar-refractivity contribution in [3.8, 4) is 17.3 Å². The van der Waals surface area contributed by atoms with Crippen LogP contribution >= 0.6 is 0 Å². The van der Waals surface area contributed by atoms with Crippen LogP contribution in [0.25, 0.3) is 54.9 Å². The van der Waals surface area contributed by atoms with Crippen LogP contribution in [0.5, 0.6) is 11.5 Å². The van der Waals surface area contributed by atoms with E-state index in [1.807, 2.05) is 42.7 Å². The van der Waals surface area contributed by atoms with E-state index in [0.717, 1.165) is 44.0 Å². The molecule has 8 rings (SSSR count). The summed E-state index contributed by atoms with van der Waals surface area (Å²) in [5.41, 5.74) is 6.72. The molecule has 0 unspecified atom stereocenters. The normalized spacial score (nSPS) is 12.4. The molecule has 0 fully saturated rings. The molecular formula is C40H34N4OPt. The summed E-state index contributed by atoms with van der Waals surface area (Å²) in [7, 11) is 0. The minimum Gasteiger partial charge on any atom is -0.503 e. The van der Waals surface area contributed by atoms with Crippen LogP contribution < -0.4 is 4.74 Å². The topological polar surface area (TPSA) is 44.3 Å². The number of para-hydroxylation sites is 1. The molecule has 5 nitrogen and oxygen atoms in total. The average Bonchev–Trinajstić information content (AvgIpc) is 3.63. The molecule has 4 heterocycles. The van der Waals surface area contributed by atoms with Crippen molar-refractivity contribution in [2.24, 2.45) is 0 Å². The van der Waals surface area contributed by atoms with Crippen molar-refractivity contribution in [3.05, 3.63) is 121 Å². The van der Waals surface area contributed by atoms with Crippen LogP contribution in [0.2, 0.25) is 0 Å². The van der Waals surface area contributed by atoms with Crippen molar-refractivity contribution in [1.82, 2.24) is 18.9 Å². The zero-order chi connectivity index (χ0) is 31.1. The quantitative estimate of drug-likeness (QED) is 0.133. The zero-order valence-electron chi connectivity index (χ0n) is 26.8. The van der Waals surface area contributed by atoms with Crippen molar-refractivity contribution >= 4 is 49.1 Å².